The zero-order valence-electron chi connectivity index (χ0n) is 13.5. The second kappa shape index (κ2) is 5.87. The maximum absolute atomic E-state index is 12.5. The molecule has 0 bridgehead atoms. The molecular weight excluding hydrogens is 302 g/mol. The minimum absolute atomic E-state index is 0.0442. The highest BCUT2D eigenvalue weighted by atomic mass is 32.2. The van der Waals surface area contributed by atoms with Crippen molar-refractivity contribution < 1.29 is 13.2 Å². The fourth-order valence-electron chi connectivity index (χ4n) is 2.51. The van der Waals surface area contributed by atoms with Gasteiger partial charge >= 0.3 is 0 Å². The number of rotatable bonds is 3. The second-order valence-electron chi connectivity index (χ2n) is 6.81. The molecule has 7 heteroatoms. The molecule has 0 aromatic carbocycles. The number of hydrogen-bond donors (Lipinski definition) is 1. The van der Waals surface area contributed by atoms with E-state index in [1.807, 2.05) is 20.8 Å². The van der Waals surface area contributed by atoms with Crippen LogP contribution in [0.25, 0.3) is 0 Å². The summed E-state index contributed by atoms with van der Waals surface area (Å²) >= 11 is 0. The molecule has 2 rings (SSSR count). The molecule has 1 aromatic heterocycles. The molecule has 1 aliphatic heterocycles. The van der Waals surface area contributed by atoms with Crippen LogP contribution in [0.3, 0.4) is 0 Å². The van der Waals surface area contributed by atoms with E-state index in [-0.39, 0.29) is 29.0 Å². The number of amides is 1. The summed E-state index contributed by atoms with van der Waals surface area (Å²) in [6.45, 7) is 6.07. The lowest BCUT2D eigenvalue weighted by molar-refractivity contribution is 0.0747. The number of pyridine rings is 1. The Labute approximate surface area is 131 Å². The van der Waals surface area contributed by atoms with Crippen LogP contribution in [0, 0.1) is 0 Å². The molecule has 1 unspecified atom stereocenters. The Morgan fingerprint density at radius 3 is 2.59 bits per heavy atom. The van der Waals surface area contributed by atoms with Crippen LogP contribution in [0.15, 0.2) is 18.5 Å². The van der Waals surface area contributed by atoms with Crippen molar-refractivity contribution in [1.82, 2.24) is 9.88 Å². The van der Waals surface area contributed by atoms with Crippen molar-refractivity contribution in [3.8, 4) is 0 Å². The van der Waals surface area contributed by atoms with Crippen molar-refractivity contribution in [2.45, 2.75) is 38.8 Å². The van der Waals surface area contributed by atoms with Crippen LogP contribution in [0.5, 0.6) is 0 Å². The monoisotopic (exact) mass is 325 g/mol. The van der Waals surface area contributed by atoms with Gasteiger partial charge in [0.25, 0.3) is 5.91 Å². The van der Waals surface area contributed by atoms with Gasteiger partial charge in [-0.15, -0.1) is 0 Å². The zero-order valence-corrected chi connectivity index (χ0v) is 14.3. The van der Waals surface area contributed by atoms with Crippen LogP contribution in [-0.4, -0.2) is 54.3 Å². The highest BCUT2D eigenvalue weighted by Crippen LogP contribution is 2.20. The lowest BCUT2D eigenvalue weighted by Crippen LogP contribution is -2.38. The smallest absolute Gasteiger partial charge is 0.255 e. The van der Waals surface area contributed by atoms with Gasteiger partial charge < -0.3 is 10.2 Å². The Hall–Kier alpha value is -1.63. The number of hydrogen-bond acceptors (Lipinski definition) is 5. The van der Waals surface area contributed by atoms with E-state index in [9.17, 15) is 13.2 Å². The summed E-state index contributed by atoms with van der Waals surface area (Å²) in [6, 6.07) is 1.50. The van der Waals surface area contributed by atoms with E-state index in [0.29, 0.717) is 12.0 Å². The molecule has 0 radical (unpaired) electrons. The number of carbonyl (C=O) groups excluding carboxylic acids is 1. The molecule has 1 aliphatic rings. The molecule has 122 valence electrons. The van der Waals surface area contributed by atoms with E-state index in [1.54, 1.807) is 19.3 Å². The van der Waals surface area contributed by atoms with Crippen molar-refractivity contribution in [2.75, 3.05) is 23.9 Å². The highest BCUT2D eigenvalue weighted by molar-refractivity contribution is 7.91. The minimum Gasteiger partial charge on any atom is -0.379 e. The van der Waals surface area contributed by atoms with Crippen molar-refractivity contribution >= 4 is 21.4 Å². The van der Waals surface area contributed by atoms with Gasteiger partial charge in [0.15, 0.2) is 9.84 Å². The third kappa shape index (κ3) is 4.19. The van der Waals surface area contributed by atoms with Crippen LogP contribution in [0.2, 0.25) is 0 Å². The van der Waals surface area contributed by atoms with Crippen molar-refractivity contribution in [1.29, 1.82) is 0 Å². The third-order valence-electron chi connectivity index (χ3n) is 3.58. The maximum Gasteiger partial charge on any atom is 0.255 e. The van der Waals surface area contributed by atoms with Crippen LogP contribution >= 0.6 is 0 Å². The van der Waals surface area contributed by atoms with E-state index >= 15 is 0 Å². The molecule has 0 spiro atoms. The molecule has 1 atom stereocenters. The predicted molar refractivity (Wildman–Crippen MR) is 86.8 cm³/mol. The van der Waals surface area contributed by atoms with Gasteiger partial charge in [0.2, 0.25) is 0 Å². The Kier molecular flexibility index (Phi) is 4.47. The van der Waals surface area contributed by atoms with E-state index in [1.165, 1.54) is 11.1 Å². The van der Waals surface area contributed by atoms with Gasteiger partial charge in [-0.3, -0.25) is 9.78 Å². The van der Waals surface area contributed by atoms with Gasteiger partial charge in [0.1, 0.15) is 0 Å². The summed E-state index contributed by atoms with van der Waals surface area (Å²) in [4.78, 5) is 18.1. The first-order valence-corrected chi connectivity index (χ1v) is 9.10. The van der Waals surface area contributed by atoms with Gasteiger partial charge in [-0.2, -0.15) is 0 Å². The Morgan fingerprint density at radius 1 is 1.36 bits per heavy atom. The minimum atomic E-state index is -3.01. The number of carbonyl (C=O) groups is 1. The first kappa shape index (κ1) is 16.7. The van der Waals surface area contributed by atoms with Gasteiger partial charge in [0, 0.05) is 31.0 Å². The van der Waals surface area contributed by atoms with Crippen molar-refractivity contribution in [2.24, 2.45) is 0 Å². The van der Waals surface area contributed by atoms with Crippen LogP contribution in [0.4, 0.5) is 5.69 Å². The average Bonchev–Trinajstić information content (AvgIpc) is 2.76. The zero-order chi connectivity index (χ0) is 16.5. The second-order valence-corrected chi connectivity index (χ2v) is 9.04. The van der Waals surface area contributed by atoms with Gasteiger partial charge in [0.05, 0.1) is 22.8 Å². The molecule has 22 heavy (non-hydrogen) atoms. The molecule has 1 aromatic rings. The van der Waals surface area contributed by atoms with Crippen LogP contribution in [0.1, 0.15) is 37.6 Å². The maximum atomic E-state index is 12.5. The van der Waals surface area contributed by atoms with E-state index < -0.39 is 9.84 Å². The highest BCUT2D eigenvalue weighted by Gasteiger charge is 2.33. The number of anilines is 1. The van der Waals surface area contributed by atoms with Crippen molar-refractivity contribution in [3.63, 3.8) is 0 Å². The van der Waals surface area contributed by atoms with Gasteiger partial charge in [-0.05, 0) is 33.3 Å². The average molecular weight is 325 g/mol. The Morgan fingerprint density at radius 2 is 2.05 bits per heavy atom. The molecule has 0 aliphatic carbocycles. The molecular formula is C15H23N3O3S. The summed E-state index contributed by atoms with van der Waals surface area (Å²) in [7, 11) is -1.36. The largest absolute Gasteiger partial charge is 0.379 e. The lowest BCUT2D eigenvalue weighted by Gasteiger charge is -2.25. The molecule has 1 N–H and O–H groups in total. The molecule has 1 amide bonds. The van der Waals surface area contributed by atoms with E-state index in [2.05, 4.69) is 10.3 Å². The quantitative estimate of drug-likeness (QED) is 0.912. The van der Waals surface area contributed by atoms with Gasteiger partial charge in [-0.25, -0.2) is 8.42 Å². The van der Waals surface area contributed by atoms with E-state index in [0.717, 1.165) is 5.69 Å². The number of sulfone groups is 1. The normalized spacial score (nSPS) is 20.6. The standard InChI is InChI=1S/C15H23N3O3S/c1-15(2,3)17-12-7-11(8-16-9-12)14(19)18(4)13-5-6-22(20,21)10-13/h7-9,13,17H,5-6,10H2,1-4H3. The number of nitrogens with one attached hydrogen (secondary N) is 1. The van der Waals surface area contributed by atoms with Gasteiger partial charge in [-0.1, -0.05) is 0 Å². The third-order valence-corrected chi connectivity index (χ3v) is 5.33. The molecule has 6 nitrogen and oxygen atoms in total. The molecule has 1 fully saturated rings. The summed E-state index contributed by atoms with van der Waals surface area (Å²) in [5.74, 6) is -0.00552. The number of aromatic nitrogens is 1. The summed E-state index contributed by atoms with van der Waals surface area (Å²) in [5.41, 5.74) is 1.10. The topological polar surface area (TPSA) is 79.4 Å². The van der Waals surface area contributed by atoms with Crippen LogP contribution < -0.4 is 5.32 Å². The molecule has 1 saturated heterocycles. The molecule has 2 heterocycles. The lowest BCUT2D eigenvalue weighted by atomic mass is 10.1. The summed E-state index contributed by atoms with van der Waals surface area (Å²) in [6.07, 6.45) is 3.68. The first-order chi connectivity index (χ1) is 10.1. The van der Waals surface area contributed by atoms with E-state index in [4.69, 9.17) is 0 Å². The predicted octanol–water partition coefficient (Wildman–Crippen LogP) is 1.55. The van der Waals surface area contributed by atoms with Crippen molar-refractivity contribution in [3.05, 3.63) is 24.0 Å². The first-order valence-electron chi connectivity index (χ1n) is 7.28. The summed E-state index contributed by atoms with van der Waals surface area (Å²) in [5, 5.41) is 3.27. The number of nitrogens with zero attached hydrogens (tertiary/aromatic N) is 2. The van der Waals surface area contributed by atoms with Crippen LogP contribution in [-0.2, 0) is 9.84 Å². The SMILES string of the molecule is CN(C(=O)c1cncc(NC(C)(C)C)c1)C1CCS(=O)(=O)C1. The Balaban J connectivity index is 2.14. The molecule has 0 saturated carbocycles. The Bertz CT molecular complexity index is 665. The summed E-state index contributed by atoms with van der Waals surface area (Å²) < 4.78 is 23.1. The fourth-order valence-corrected chi connectivity index (χ4v) is 4.28. The fraction of sp³-hybridized carbons (Fsp3) is 0.600.